The second kappa shape index (κ2) is 5.26. The van der Waals surface area contributed by atoms with Crippen LogP contribution in [0.25, 0.3) is 0 Å². The lowest BCUT2D eigenvalue weighted by Crippen LogP contribution is -2.47. The number of hydrogen-bond acceptors (Lipinski definition) is 3. The van der Waals surface area contributed by atoms with Crippen molar-refractivity contribution in [2.75, 3.05) is 13.1 Å². The van der Waals surface area contributed by atoms with Gasteiger partial charge in [0.15, 0.2) is 0 Å². The summed E-state index contributed by atoms with van der Waals surface area (Å²) in [4.78, 5) is 2.46. The quantitative estimate of drug-likeness (QED) is 0.574. The summed E-state index contributed by atoms with van der Waals surface area (Å²) in [6.45, 7) is 3.29. The van der Waals surface area contributed by atoms with Gasteiger partial charge in [-0.3, -0.25) is 16.2 Å². The Morgan fingerprint density at radius 2 is 2.13 bits per heavy atom. The smallest absolute Gasteiger partial charge is 0.0338 e. The van der Waals surface area contributed by atoms with Gasteiger partial charge >= 0.3 is 0 Å². The zero-order valence-corrected chi connectivity index (χ0v) is 9.02. The van der Waals surface area contributed by atoms with E-state index in [1.807, 2.05) is 0 Å². The fraction of sp³-hybridized carbons (Fsp3) is 0.500. The molecule has 0 bridgehead atoms. The Morgan fingerprint density at radius 1 is 1.33 bits per heavy atom. The highest BCUT2D eigenvalue weighted by Gasteiger charge is 2.18. The Kier molecular flexibility index (Phi) is 3.72. The number of nitrogens with zero attached hydrogens (tertiary/aromatic N) is 1. The highest BCUT2D eigenvalue weighted by atomic mass is 15.3. The molecule has 0 saturated carbocycles. The molecule has 0 radical (unpaired) electrons. The molecule has 0 aromatic heterocycles. The lowest BCUT2D eigenvalue weighted by molar-refractivity contribution is 0.184. The third-order valence-corrected chi connectivity index (χ3v) is 2.99. The van der Waals surface area contributed by atoms with Gasteiger partial charge in [0, 0.05) is 19.1 Å². The Labute approximate surface area is 91.2 Å². The zero-order chi connectivity index (χ0) is 10.5. The van der Waals surface area contributed by atoms with Crippen LogP contribution in [0.4, 0.5) is 0 Å². The first kappa shape index (κ1) is 10.6. The minimum Gasteiger partial charge on any atom is -0.297 e. The van der Waals surface area contributed by atoms with Gasteiger partial charge in [0.2, 0.25) is 0 Å². The average Bonchev–Trinajstić information content (AvgIpc) is 2.31. The molecule has 0 aliphatic carbocycles. The number of nitrogens with two attached hydrogens (primary N) is 1. The van der Waals surface area contributed by atoms with E-state index in [2.05, 4.69) is 40.7 Å². The molecule has 3 nitrogen and oxygen atoms in total. The topological polar surface area (TPSA) is 41.3 Å². The number of benzene rings is 1. The summed E-state index contributed by atoms with van der Waals surface area (Å²) in [6, 6.07) is 11.1. The van der Waals surface area contributed by atoms with E-state index in [0.29, 0.717) is 6.04 Å². The SMILES string of the molecule is NN[C@@H]1CCCN(Cc2ccccc2)C1. The summed E-state index contributed by atoms with van der Waals surface area (Å²) in [6.07, 6.45) is 2.43. The van der Waals surface area contributed by atoms with Gasteiger partial charge in [0.05, 0.1) is 0 Å². The van der Waals surface area contributed by atoms with Crippen molar-refractivity contribution in [1.29, 1.82) is 0 Å². The van der Waals surface area contributed by atoms with E-state index < -0.39 is 0 Å². The Bertz CT molecular complexity index is 286. The zero-order valence-electron chi connectivity index (χ0n) is 9.02. The van der Waals surface area contributed by atoms with Gasteiger partial charge in [0.1, 0.15) is 0 Å². The van der Waals surface area contributed by atoms with Gasteiger partial charge in [-0.05, 0) is 24.9 Å². The number of hydrazine groups is 1. The standard InChI is InChI=1S/C12H19N3/c13-14-12-7-4-8-15(10-12)9-11-5-2-1-3-6-11/h1-3,5-6,12,14H,4,7-10,13H2/t12-/m1/s1. The van der Waals surface area contributed by atoms with Gasteiger partial charge in [-0.2, -0.15) is 0 Å². The van der Waals surface area contributed by atoms with Crippen LogP contribution in [-0.4, -0.2) is 24.0 Å². The summed E-state index contributed by atoms with van der Waals surface area (Å²) in [5.74, 6) is 5.48. The maximum Gasteiger partial charge on any atom is 0.0338 e. The summed E-state index contributed by atoms with van der Waals surface area (Å²) < 4.78 is 0. The van der Waals surface area contributed by atoms with Crippen molar-refractivity contribution in [2.24, 2.45) is 5.84 Å². The molecule has 0 amide bonds. The molecule has 1 heterocycles. The Morgan fingerprint density at radius 3 is 2.87 bits per heavy atom. The molecule has 2 rings (SSSR count). The van der Waals surface area contributed by atoms with Crippen molar-refractivity contribution >= 4 is 0 Å². The molecular formula is C12H19N3. The molecule has 15 heavy (non-hydrogen) atoms. The van der Waals surface area contributed by atoms with Gasteiger partial charge in [-0.25, -0.2) is 0 Å². The molecular weight excluding hydrogens is 186 g/mol. The van der Waals surface area contributed by atoms with Crippen molar-refractivity contribution in [3.05, 3.63) is 35.9 Å². The molecule has 3 heteroatoms. The first-order chi connectivity index (χ1) is 7.38. The summed E-state index contributed by atoms with van der Waals surface area (Å²) in [5.41, 5.74) is 4.26. The van der Waals surface area contributed by atoms with E-state index in [0.717, 1.165) is 13.1 Å². The number of rotatable bonds is 3. The van der Waals surface area contributed by atoms with Crippen molar-refractivity contribution < 1.29 is 0 Å². The van der Waals surface area contributed by atoms with E-state index in [1.54, 1.807) is 0 Å². The van der Waals surface area contributed by atoms with Crippen LogP contribution in [0, 0.1) is 0 Å². The number of piperidine rings is 1. The highest BCUT2D eigenvalue weighted by molar-refractivity contribution is 5.14. The maximum absolute atomic E-state index is 5.48. The molecule has 1 aliphatic rings. The summed E-state index contributed by atoms with van der Waals surface area (Å²) >= 11 is 0. The van der Waals surface area contributed by atoms with Crippen LogP contribution >= 0.6 is 0 Å². The van der Waals surface area contributed by atoms with Crippen LogP contribution in [0.2, 0.25) is 0 Å². The monoisotopic (exact) mass is 205 g/mol. The average molecular weight is 205 g/mol. The van der Waals surface area contributed by atoms with Crippen LogP contribution in [0.3, 0.4) is 0 Å². The molecule has 1 aliphatic heterocycles. The lowest BCUT2D eigenvalue weighted by atomic mass is 10.1. The van der Waals surface area contributed by atoms with E-state index in [1.165, 1.54) is 24.9 Å². The van der Waals surface area contributed by atoms with E-state index in [-0.39, 0.29) is 0 Å². The fourth-order valence-corrected chi connectivity index (χ4v) is 2.18. The largest absolute Gasteiger partial charge is 0.297 e. The summed E-state index contributed by atoms with van der Waals surface area (Å²) in [5, 5.41) is 0. The first-order valence-electron chi connectivity index (χ1n) is 5.61. The van der Waals surface area contributed by atoms with Gasteiger partial charge < -0.3 is 0 Å². The van der Waals surface area contributed by atoms with Crippen LogP contribution in [-0.2, 0) is 6.54 Å². The third kappa shape index (κ3) is 3.02. The van der Waals surface area contributed by atoms with Crippen molar-refractivity contribution in [3.8, 4) is 0 Å². The van der Waals surface area contributed by atoms with Gasteiger partial charge in [-0.15, -0.1) is 0 Å². The van der Waals surface area contributed by atoms with Gasteiger partial charge in [-0.1, -0.05) is 30.3 Å². The molecule has 1 atom stereocenters. The molecule has 1 aromatic rings. The molecule has 3 N–H and O–H groups in total. The third-order valence-electron chi connectivity index (χ3n) is 2.99. The van der Waals surface area contributed by atoms with Crippen molar-refractivity contribution in [3.63, 3.8) is 0 Å². The Balaban J connectivity index is 1.89. The molecule has 82 valence electrons. The fourth-order valence-electron chi connectivity index (χ4n) is 2.18. The number of hydrogen-bond donors (Lipinski definition) is 2. The molecule has 1 saturated heterocycles. The van der Waals surface area contributed by atoms with Crippen molar-refractivity contribution in [2.45, 2.75) is 25.4 Å². The van der Waals surface area contributed by atoms with Gasteiger partial charge in [0.25, 0.3) is 0 Å². The van der Waals surface area contributed by atoms with E-state index in [4.69, 9.17) is 5.84 Å². The van der Waals surface area contributed by atoms with Crippen LogP contribution < -0.4 is 11.3 Å². The van der Waals surface area contributed by atoms with Crippen molar-refractivity contribution in [1.82, 2.24) is 10.3 Å². The molecule has 0 unspecified atom stereocenters. The van der Waals surface area contributed by atoms with Crippen LogP contribution in [0.5, 0.6) is 0 Å². The maximum atomic E-state index is 5.48. The minimum atomic E-state index is 0.461. The Hall–Kier alpha value is -0.900. The normalized spacial score (nSPS) is 22.9. The lowest BCUT2D eigenvalue weighted by Gasteiger charge is -2.32. The van der Waals surface area contributed by atoms with Crippen LogP contribution in [0.15, 0.2) is 30.3 Å². The summed E-state index contributed by atoms with van der Waals surface area (Å²) in [7, 11) is 0. The second-order valence-corrected chi connectivity index (χ2v) is 4.23. The predicted octanol–water partition coefficient (Wildman–Crippen LogP) is 1.11. The molecule has 0 spiro atoms. The molecule has 1 aromatic carbocycles. The predicted molar refractivity (Wildman–Crippen MR) is 62.1 cm³/mol. The van der Waals surface area contributed by atoms with E-state index in [9.17, 15) is 0 Å². The minimum absolute atomic E-state index is 0.461. The number of nitrogens with one attached hydrogen (secondary N) is 1. The number of likely N-dealkylation sites (tertiary alicyclic amines) is 1. The van der Waals surface area contributed by atoms with E-state index >= 15 is 0 Å². The highest BCUT2D eigenvalue weighted by Crippen LogP contribution is 2.12. The second-order valence-electron chi connectivity index (χ2n) is 4.23. The molecule has 1 fully saturated rings. The first-order valence-corrected chi connectivity index (χ1v) is 5.61. The van der Waals surface area contributed by atoms with Crippen LogP contribution in [0.1, 0.15) is 18.4 Å².